The van der Waals surface area contributed by atoms with E-state index in [1.165, 1.54) is 0 Å². The quantitative estimate of drug-likeness (QED) is 0.467. The van der Waals surface area contributed by atoms with Gasteiger partial charge in [-0.05, 0) is 118 Å². The first-order chi connectivity index (χ1) is 14.7. The third-order valence-electron chi connectivity index (χ3n) is 6.91. The smallest absolute Gasteiger partial charge is 0.340 e. The van der Waals surface area contributed by atoms with Crippen LogP contribution in [0, 0.1) is 53.4 Å². The highest BCUT2D eigenvalue weighted by Crippen LogP contribution is 2.49. The van der Waals surface area contributed by atoms with Crippen LogP contribution in [-0.4, -0.2) is 11.9 Å². The molecule has 4 heteroatoms. The lowest BCUT2D eigenvalue weighted by molar-refractivity contribution is -0.133. The fourth-order valence-corrected chi connectivity index (χ4v) is 5.02. The molecular weight excluding hydrogens is 388 g/mol. The zero-order valence-corrected chi connectivity index (χ0v) is 19.2. The second kappa shape index (κ2) is 7.99. The summed E-state index contributed by atoms with van der Waals surface area (Å²) in [6, 6.07) is 7.90. The Hall–Kier alpha value is -2.88. The van der Waals surface area contributed by atoms with Crippen molar-refractivity contribution in [2.75, 3.05) is 0 Å². The number of fused-ring (bicyclic) bond motifs is 2. The molecule has 2 atom stereocenters. The number of carbonyl (C=O) groups excluding carboxylic acids is 2. The van der Waals surface area contributed by atoms with E-state index < -0.39 is 11.9 Å². The molecule has 2 aliphatic rings. The van der Waals surface area contributed by atoms with Gasteiger partial charge in [0.1, 0.15) is 11.5 Å². The average Bonchev–Trinajstić information content (AvgIpc) is 3.31. The minimum absolute atomic E-state index is 0.0756. The maximum Gasteiger partial charge on any atom is 0.340 e. The van der Waals surface area contributed by atoms with Gasteiger partial charge in [-0.3, -0.25) is 0 Å². The predicted octanol–water partition coefficient (Wildman–Crippen LogP) is 5.77. The monoisotopic (exact) mass is 418 g/mol. The van der Waals surface area contributed by atoms with Crippen molar-refractivity contribution in [3.05, 3.63) is 68.8 Å². The lowest BCUT2D eigenvalue weighted by Crippen LogP contribution is -2.24. The van der Waals surface area contributed by atoms with Crippen LogP contribution in [0.15, 0.2) is 35.4 Å². The first-order valence-electron chi connectivity index (χ1n) is 11.0. The maximum absolute atomic E-state index is 13.2. The number of ether oxygens (including phenoxy) is 2. The summed E-state index contributed by atoms with van der Waals surface area (Å²) in [5.74, 6) is 0.457. The number of carbonyl (C=O) groups is 2. The zero-order chi connectivity index (χ0) is 22.4. The molecule has 0 aliphatic heterocycles. The van der Waals surface area contributed by atoms with Crippen LogP contribution >= 0.6 is 0 Å². The zero-order valence-electron chi connectivity index (χ0n) is 19.2. The molecule has 2 bridgehead atoms. The highest BCUT2D eigenvalue weighted by molar-refractivity contribution is 6.04. The summed E-state index contributed by atoms with van der Waals surface area (Å²) in [6.45, 7) is 11.9. The summed E-state index contributed by atoms with van der Waals surface area (Å²) in [5, 5.41) is 0. The number of hydrogen-bond donors (Lipinski definition) is 0. The van der Waals surface area contributed by atoms with Crippen molar-refractivity contribution in [1.82, 2.24) is 0 Å². The average molecular weight is 419 g/mol. The fourth-order valence-electron chi connectivity index (χ4n) is 5.02. The van der Waals surface area contributed by atoms with Crippen molar-refractivity contribution in [2.24, 2.45) is 11.8 Å². The molecule has 0 heterocycles. The van der Waals surface area contributed by atoms with E-state index in [2.05, 4.69) is 12.1 Å². The normalized spacial score (nSPS) is 19.7. The van der Waals surface area contributed by atoms with E-state index in [-0.39, 0.29) is 11.8 Å². The lowest BCUT2D eigenvalue weighted by Gasteiger charge is -2.19. The highest BCUT2D eigenvalue weighted by Gasteiger charge is 2.46. The molecule has 0 aromatic heterocycles. The van der Waals surface area contributed by atoms with Crippen LogP contribution in [-0.2, 0) is 9.59 Å². The van der Waals surface area contributed by atoms with Crippen LogP contribution in [0.3, 0.4) is 0 Å². The van der Waals surface area contributed by atoms with Crippen LogP contribution in [0.1, 0.15) is 52.6 Å². The Morgan fingerprint density at radius 2 is 1.06 bits per heavy atom. The van der Waals surface area contributed by atoms with Crippen molar-refractivity contribution in [3.63, 3.8) is 0 Å². The van der Waals surface area contributed by atoms with Crippen molar-refractivity contribution in [1.29, 1.82) is 0 Å². The van der Waals surface area contributed by atoms with Gasteiger partial charge in [0.25, 0.3) is 0 Å². The molecule has 1 fully saturated rings. The minimum atomic E-state index is -0.413. The van der Waals surface area contributed by atoms with E-state index in [1.54, 1.807) is 0 Å². The molecule has 1 saturated carbocycles. The Kier molecular flexibility index (Phi) is 5.50. The Bertz CT molecular complexity index is 1040. The number of hydrogen-bond acceptors (Lipinski definition) is 4. The molecule has 2 aromatic carbocycles. The number of esters is 2. The van der Waals surface area contributed by atoms with Crippen molar-refractivity contribution in [3.8, 4) is 11.5 Å². The van der Waals surface area contributed by atoms with Gasteiger partial charge in [-0.25, -0.2) is 9.59 Å². The molecule has 4 rings (SSSR count). The molecule has 0 N–H and O–H groups in total. The van der Waals surface area contributed by atoms with Crippen molar-refractivity contribution in [2.45, 2.75) is 60.8 Å². The van der Waals surface area contributed by atoms with Crippen LogP contribution in [0.25, 0.3) is 0 Å². The molecule has 31 heavy (non-hydrogen) atoms. The lowest BCUT2D eigenvalue weighted by atomic mass is 9.91. The molecule has 2 unspecified atom stereocenters. The summed E-state index contributed by atoms with van der Waals surface area (Å²) in [6.07, 6.45) is 2.66. The second-order valence-electron chi connectivity index (χ2n) is 9.22. The maximum atomic E-state index is 13.2. The van der Waals surface area contributed by atoms with Gasteiger partial charge in [0.05, 0.1) is 11.1 Å². The number of benzene rings is 2. The molecule has 0 amide bonds. The number of rotatable bonds is 4. The van der Waals surface area contributed by atoms with E-state index in [1.807, 2.05) is 53.7 Å². The summed E-state index contributed by atoms with van der Waals surface area (Å²) in [4.78, 5) is 26.5. The molecule has 0 spiro atoms. The van der Waals surface area contributed by atoms with Gasteiger partial charge in [-0.1, -0.05) is 12.1 Å². The largest absolute Gasteiger partial charge is 0.423 e. The third kappa shape index (κ3) is 3.91. The minimum Gasteiger partial charge on any atom is -0.423 e. The highest BCUT2D eigenvalue weighted by atomic mass is 16.5. The summed E-state index contributed by atoms with van der Waals surface area (Å²) in [7, 11) is 0. The van der Waals surface area contributed by atoms with Crippen LogP contribution in [0.2, 0.25) is 0 Å². The van der Waals surface area contributed by atoms with Crippen LogP contribution < -0.4 is 9.47 Å². The third-order valence-corrected chi connectivity index (χ3v) is 6.91. The Balaban J connectivity index is 1.66. The van der Waals surface area contributed by atoms with Gasteiger partial charge in [0, 0.05) is 0 Å². The standard InChI is InChI=1S/C27H30O4/c1-14-9-16(3)18(5)22(11-14)30-26(28)24-20-7-8-21(13-20)25(24)27(29)31-23-12-15(2)10-17(4)19(23)6/h9-12,20-21H,7-8,13H2,1-6H3. The number of aryl methyl sites for hydroxylation is 4. The van der Waals surface area contributed by atoms with E-state index in [0.717, 1.165) is 52.6 Å². The van der Waals surface area contributed by atoms with Crippen LogP contribution in [0.4, 0.5) is 0 Å². The first kappa shape index (κ1) is 21.4. The van der Waals surface area contributed by atoms with Gasteiger partial charge in [0.15, 0.2) is 0 Å². The van der Waals surface area contributed by atoms with Gasteiger partial charge in [0.2, 0.25) is 0 Å². The van der Waals surface area contributed by atoms with Crippen molar-refractivity contribution < 1.29 is 19.1 Å². The van der Waals surface area contributed by atoms with Gasteiger partial charge < -0.3 is 9.47 Å². The van der Waals surface area contributed by atoms with E-state index >= 15 is 0 Å². The molecular formula is C27H30O4. The van der Waals surface area contributed by atoms with Gasteiger partial charge >= 0.3 is 11.9 Å². The summed E-state index contributed by atoms with van der Waals surface area (Å²) in [5.41, 5.74) is 7.15. The predicted molar refractivity (Wildman–Crippen MR) is 120 cm³/mol. The summed E-state index contributed by atoms with van der Waals surface area (Å²) >= 11 is 0. The Morgan fingerprint density at radius 3 is 1.45 bits per heavy atom. The van der Waals surface area contributed by atoms with E-state index in [0.29, 0.717) is 22.6 Å². The molecule has 2 aromatic rings. The molecule has 4 nitrogen and oxygen atoms in total. The Labute approximate surface area is 184 Å². The summed E-state index contributed by atoms with van der Waals surface area (Å²) < 4.78 is 11.7. The van der Waals surface area contributed by atoms with Crippen LogP contribution in [0.5, 0.6) is 11.5 Å². The van der Waals surface area contributed by atoms with Crippen molar-refractivity contribution >= 4 is 11.9 Å². The SMILES string of the molecule is Cc1cc(C)c(C)c(OC(=O)C2=C(C(=O)Oc3cc(C)cc(C)c3C)C3CCC2C3)c1. The Morgan fingerprint density at radius 1 is 0.677 bits per heavy atom. The molecule has 0 radical (unpaired) electrons. The second-order valence-corrected chi connectivity index (χ2v) is 9.22. The molecule has 0 saturated heterocycles. The first-order valence-corrected chi connectivity index (χ1v) is 11.0. The van der Waals surface area contributed by atoms with Gasteiger partial charge in [-0.15, -0.1) is 0 Å². The van der Waals surface area contributed by atoms with E-state index in [4.69, 9.17) is 9.47 Å². The fraction of sp³-hybridized carbons (Fsp3) is 0.407. The topological polar surface area (TPSA) is 52.6 Å². The molecule has 162 valence electrons. The molecule has 2 aliphatic carbocycles. The van der Waals surface area contributed by atoms with E-state index in [9.17, 15) is 9.59 Å². The van der Waals surface area contributed by atoms with Gasteiger partial charge in [-0.2, -0.15) is 0 Å².